The molecule has 1 aromatic rings. The Labute approximate surface area is 129 Å². The van der Waals surface area contributed by atoms with Crippen molar-refractivity contribution >= 4 is 5.69 Å². The van der Waals surface area contributed by atoms with Crippen molar-refractivity contribution in [2.45, 2.75) is 70.8 Å². The van der Waals surface area contributed by atoms with Crippen molar-refractivity contribution in [1.29, 1.82) is 0 Å². The van der Waals surface area contributed by atoms with E-state index in [0.29, 0.717) is 11.4 Å². The molecule has 0 saturated heterocycles. The maximum atomic E-state index is 10.3. The molecule has 1 atom stereocenters. The number of nitrogens with two attached hydrogens (primary N) is 1. The zero-order valence-electron chi connectivity index (χ0n) is 13.6. The van der Waals surface area contributed by atoms with Gasteiger partial charge in [-0.25, -0.2) is 0 Å². The quantitative estimate of drug-likeness (QED) is 0.453. The normalized spacial score (nSPS) is 12.3. The van der Waals surface area contributed by atoms with Crippen LogP contribution >= 0.6 is 0 Å². The average molecular weight is 293 g/mol. The van der Waals surface area contributed by atoms with Crippen LogP contribution in [0.2, 0.25) is 0 Å². The molecule has 0 aromatic heterocycles. The fourth-order valence-corrected chi connectivity index (χ4v) is 2.66. The smallest absolute Gasteiger partial charge is 0.142 e. The van der Waals surface area contributed by atoms with Crippen LogP contribution in [0.4, 0.5) is 5.69 Å². The number of aliphatic hydroxyl groups excluding tert-OH is 1. The monoisotopic (exact) mass is 293 g/mol. The van der Waals surface area contributed by atoms with Crippen LogP contribution in [0.5, 0.6) is 5.75 Å². The molecule has 3 N–H and O–H groups in total. The van der Waals surface area contributed by atoms with Gasteiger partial charge in [0.1, 0.15) is 5.75 Å². The summed E-state index contributed by atoms with van der Waals surface area (Å²) in [5, 5.41) is 10.3. The fraction of sp³-hybridized carbons (Fsp3) is 0.667. The van der Waals surface area contributed by atoms with Gasteiger partial charge in [0, 0.05) is 5.56 Å². The van der Waals surface area contributed by atoms with E-state index in [2.05, 4.69) is 6.92 Å². The van der Waals surface area contributed by atoms with E-state index in [4.69, 9.17) is 10.5 Å². The van der Waals surface area contributed by atoms with E-state index in [1.165, 1.54) is 44.9 Å². The number of nitrogen functional groups attached to an aromatic ring is 1. The number of aliphatic hydroxyl groups is 1. The molecular formula is C18H31NO2. The molecule has 0 heterocycles. The molecule has 0 aliphatic carbocycles. The number of unbranched alkanes of at least 4 members (excludes halogenated alkanes) is 7. The first-order chi connectivity index (χ1) is 10.2. The molecule has 0 aliphatic heterocycles. The van der Waals surface area contributed by atoms with Crippen molar-refractivity contribution in [3.05, 3.63) is 23.8 Å². The predicted molar refractivity (Wildman–Crippen MR) is 89.6 cm³/mol. The minimum Gasteiger partial charge on any atom is -0.495 e. The van der Waals surface area contributed by atoms with Gasteiger partial charge in [0.25, 0.3) is 0 Å². The number of hydrogen-bond acceptors (Lipinski definition) is 3. The molecular weight excluding hydrogens is 262 g/mol. The number of methoxy groups -OCH3 is 1. The summed E-state index contributed by atoms with van der Waals surface area (Å²) in [6.45, 7) is 2.24. The minimum absolute atomic E-state index is 0.486. The molecule has 0 bridgehead atoms. The summed E-state index contributed by atoms with van der Waals surface area (Å²) in [6.07, 6.45) is 10.5. The summed E-state index contributed by atoms with van der Waals surface area (Å²) in [7, 11) is 1.60. The number of benzene rings is 1. The highest BCUT2D eigenvalue weighted by Crippen LogP contribution is 2.31. The second-order valence-corrected chi connectivity index (χ2v) is 5.74. The Morgan fingerprint density at radius 3 is 2.29 bits per heavy atom. The third-order valence-corrected chi connectivity index (χ3v) is 4.01. The van der Waals surface area contributed by atoms with Gasteiger partial charge in [-0.3, -0.25) is 0 Å². The van der Waals surface area contributed by atoms with E-state index < -0.39 is 6.10 Å². The van der Waals surface area contributed by atoms with Crippen LogP contribution in [0.1, 0.15) is 76.4 Å². The van der Waals surface area contributed by atoms with Crippen molar-refractivity contribution in [3.8, 4) is 5.75 Å². The number of ether oxygens (including phenoxy) is 1. The van der Waals surface area contributed by atoms with Gasteiger partial charge in [0.05, 0.1) is 18.9 Å². The zero-order chi connectivity index (χ0) is 15.5. The minimum atomic E-state index is -0.486. The van der Waals surface area contributed by atoms with Crippen LogP contribution in [-0.4, -0.2) is 12.2 Å². The summed E-state index contributed by atoms with van der Waals surface area (Å²) in [6, 6.07) is 5.58. The van der Waals surface area contributed by atoms with Crippen LogP contribution in [0.3, 0.4) is 0 Å². The first-order valence-electron chi connectivity index (χ1n) is 8.31. The van der Waals surface area contributed by atoms with Crippen molar-refractivity contribution < 1.29 is 9.84 Å². The highest BCUT2D eigenvalue weighted by molar-refractivity contribution is 5.59. The average Bonchev–Trinajstić information content (AvgIpc) is 2.50. The zero-order valence-corrected chi connectivity index (χ0v) is 13.6. The largest absolute Gasteiger partial charge is 0.495 e. The van der Waals surface area contributed by atoms with Gasteiger partial charge >= 0.3 is 0 Å². The molecule has 21 heavy (non-hydrogen) atoms. The van der Waals surface area contributed by atoms with Gasteiger partial charge in [0.2, 0.25) is 0 Å². The van der Waals surface area contributed by atoms with Gasteiger partial charge in [-0.1, -0.05) is 70.4 Å². The number of hydrogen-bond donors (Lipinski definition) is 2. The molecule has 3 heteroatoms. The molecule has 0 spiro atoms. The van der Waals surface area contributed by atoms with Gasteiger partial charge in [-0.2, -0.15) is 0 Å². The van der Waals surface area contributed by atoms with E-state index in [0.717, 1.165) is 18.4 Å². The Hall–Kier alpha value is -1.22. The molecule has 0 amide bonds. The number of anilines is 1. The molecule has 1 unspecified atom stereocenters. The SMILES string of the molecule is CCCCCCCCCCC(O)c1cccc(OC)c1N. The fourth-order valence-electron chi connectivity index (χ4n) is 2.66. The van der Waals surface area contributed by atoms with Gasteiger partial charge in [0.15, 0.2) is 0 Å². The second-order valence-electron chi connectivity index (χ2n) is 5.74. The highest BCUT2D eigenvalue weighted by atomic mass is 16.5. The maximum absolute atomic E-state index is 10.3. The Bertz CT molecular complexity index is 393. The van der Waals surface area contributed by atoms with Gasteiger partial charge < -0.3 is 15.6 Å². The molecule has 0 fully saturated rings. The van der Waals surface area contributed by atoms with Gasteiger partial charge in [-0.05, 0) is 12.5 Å². The Morgan fingerprint density at radius 2 is 1.67 bits per heavy atom. The molecule has 0 saturated carbocycles. The van der Waals surface area contributed by atoms with Crippen LogP contribution < -0.4 is 10.5 Å². The second kappa shape index (κ2) is 10.5. The lowest BCUT2D eigenvalue weighted by Gasteiger charge is -2.15. The lowest BCUT2D eigenvalue weighted by molar-refractivity contribution is 0.163. The first-order valence-corrected chi connectivity index (χ1v) is 8.31. The molecule has 0 aliphatic rings. The first kappa shape index (κ1) is 17.8. The van der Waals surface area contributed by atoms with Crippen molar-refractivity contribution in [1.82, 2.24) is 0 Å². The maximum Gasteiger partial charge on any atom is 0.142 e. The molecule has 120 valence electrons. The topological polar surface area (TPSA) is 55.5 Å². The molecule has 3 nitrogen and oxygen atoms in total. The van der Waals surface area contributed by atoms with Crippen LogP contribution in [-0.2, 0) is 0 Å². The number of rotatable bonds is 11. The van der Waals surface area contributed by atoms with E-state index >= 15 is 0 Å². The summed E-state index contributed by atoms with van der Waals surface area (Å²) >= 11 is 0. The van der Waals surface area contributed by atoms with E-state index in [1.807, 2.05) is 18.2 Å². The van der Waals surface area contributed by atoms with E-state index in [-0.39, 0.29) is 0 Å². The van der Waals surface area contributed by atoms with Crippen LogP contribution in [0.25, 0.3) is 0 Å². The van der Waals surface area contributed by atoms with Crippen molar-refractivity contribution in [2.75, 3.05) is 12.8 Å². The lowest BCUT2D eigenvalue weighted by atomic mass is 10.00. The summed E-state index contributed by atoms with van der Waals surface area (Å²) in [5.74, 6) is 0.641. The molecule has 1 rings (SSSR count). The standard InChI is InChI=1S/C18H31NO2/c1-3-4-5-6-7-8-9-10-13-16(20)15-12-11-14-17(21-2)18(15)19/h11-12,14,16,20H,3-10,13,19H2,1-2H3. The Morgan fingerprint density at radius 1 is 1.05 bits per heavy atom. The number of para-hydroxylation sites is 1. The van der Waals surface area contributed by atoms with Gasteiger partial charge in [-0.15, -0.1) is 0 Å². The summed E-state index contributed by atoms with van der Waals surface area (Å²) in [5.41, 5.74) is 7.36. The van der Waals surface area contributed by atoms with Crippen LogP contribution in [0.15, 0.2) is 18.2 Å². The van der Waals surface area contributed by atoms with E-state index in [9.17, 15) is 5.11 Å². The molecule has 0 radical (unpaired) electrons. The van der Waals surface area contributed by atoms with E-state index in [1.54, 1.807) is 7.11 Å². The van der Waals surface area contributed by atoms with Crippen LogP contribution in [0, 0.1) is 0 Å². The Balaban J connectivity index is 2.23. The predicted octanol–water partition coefficient (Wildman–Crippen LogP) is 4.84. The Kier molecular flexibility index (Phi) is 8.91. The highest BCUT2D eigenvalue weighted by Gasteiger charge is 2.13. The van der Waals surface area contributed by atoms with Crippen molar-refractivity contribution in [2.24, 2.45) is 0 Å². The third-order valence-electron chi connectivity index (χ3n) is 4.01. The third kappa shape index (κ3) is 6.38. The summed E-state index contributed by atoms with van der Waals surface area (Å²) < 4.78 is 5.19. The van der Waals surface area contributed by atoms with Crippen molar-refractivity contribution in [3.63, 3.8) is 0 Å². The molecule has 1 aromatic carbocycles. The summed E-state index contributed by atoms with van der Waals surface area (Å²) in [4.78, 5) is 0. The lowest BCUT2D eigenvalue weighted by Crippen LogP contribution is -2.04.